The van der Waals surface area contributed by atoms with Crippen molar-refractivity contribution in [3.05, 3.63) is 57.6 Å². The van der Waals surface area contributed by atoms with Crippen molar-refractivity contribution in [1.29, 1.82) is 0 Å². The number of aromatic hydroxyl groups is 2. The van der Waals surface area contributed by atoms with Crippen molar-refractivity contribution >= 4 is 23.8 Å². The predicted molar refractivity (Wildman–Crippen MR) is 107 cm³/mol. The van der Waals surface area contributed by atoms with Gasteiger partial charge in [-0.15, -0.1) is 0 Å². The number of nitro groups is 1. The Bertz CT molecular complexity index is 863. The van der Waals surface area contributed by atoms with Gasteiger partial charge in [-0.05, 0) is 30.7 Å². The second-order valence-corrected chi connectivity index (χ2v) is 6.06. The summed E-state index contributed by atoms with van der Waals surface area (Å²) in [5, 5.41) is 30.3. The average molecular weight is 370 g/mol. The molecule has 2 aromatic carbocycles. The Labute approximate surface area is 157 Å². The maximum absolute atomic E-state index is 10.8. The smallest absolute Gasteiger partial charge is 0.270 e. The minimum absolute atomic E-state index is 0.0568. The van der Waals surface area contributed by atoms with Gasteiger partial charge < -0.3 is 15.1 Å². The number of phenols is 2. The van der Waals surface area contributed by atoms with Crippen molar-refractivity contribution < 1.29 is 15.1 Å². The van der Waals surface area contributed by atoms with Crippen LogP contribution in [0.5, 0.6) is 11.5 Å². The number of rotatable bonds is 8. The summed E-state index contributed by atoms with van der Waals surface area (Å²) in [6.07, 6.45) is 3.70. The molecule has 0 saturated heterocycles. The summed E-state index contributed by atoms with van der Waals surface area (Å²) in [7, 11) is 3.84. The Morgan fingerprint density at radius 3 is 2.11 bits per heavy atom. The van der Waals surface area contributed by atoms with E-state index in [1.165, 1.54) is 24.4 Å². The van der Waals surface area contributed by atoms with Crippen LogP contribution in [0, 0.1) is 10.1 Å². The van der Waals surface area contributed by atoms with Crippen molar-refractivity contribution in [1.82, 2.24) is 0 Å². The molecule has 0 atom stereocenters. The average Bonchev–Trinajstić information content (AvgIpc) is 2.63. The number of hydrogen-bond donors (Lipinski definition) is 2. The molecule has 0 aliphatic rings. The fourth-order valence-corrected chi connectivity index (χ4v) is 2.26. The summed E-state index contributed by atoms with van der Waals surface area (Å²) in [6.45, 7) is 0.979. The second-order valence-electron chi connectivity index (χ2n) is 6.06. The summed E-state index contributed by atoms with van der Waals surface area (Å²) < 4.78 is 0. The number of phenolic OH excluding ortho intramolecular Hbond substituents is 2. The third-order valence-electron chi connectivity index (χ3n) is 3.78. The maximum Gasteiger partial charge on any atom is 0.270 e. The molecule has 0 aliphatic heterocycles. The van der Waals surface area contributed by atoms with Crippen molar-refractivity contribution in [2.75, 3.05) is 32.1 Å². The van der Waals surface area contributed by atoms with E-state index in [0.717, 1.165) is 5.69 Å². The molecule has 2 N–H and O–H groups in total. The standard InChI is InChI=1S/C19H22N4O4/c1-22(2)16-4-6-18(24)14(10-16)12-20-8-3-9-21-13-15-11-17(23(26)27)5-7-19(15)25/h4-7,10-13,24-25H,3,8-9H2,1-2H3. The van der Waals surface area contributed by atoms with E-state index in [1.54, 1.807) is 12.3 Å². The van der Waals surface area contributed by atoms with Crippen molar-refractivity contribution in [2.24, 2.45) is 9.98 Å². The molecule has 0 amide bonds. The lowest BCUT2D eigenvalue weighted by atomic mass is 10.2. The number of non-ortho nitro benzene ring substituents is 1. The van der Waals surface area contributed by atoms with Gasteiger partial charge in [0, 0.05) is 68.6 Å². The molecule has 0 saturated carbocycles. The molecular formula is C19H22N4O4. The molecule has 0 aromatic heterocycles. The number of hydrogen-bond acceptors (Lipinski definition) is 7. The van der Waals surface area contributed by atoms with Gasteiger partial charge in [-0.3, -0.25) is 20.1 Å². The monoisotopic (exact) mass is 370 g/mol. The minimum Gasteiger partial charge on any atom is -0.507 e. The normalized spacial score (nSPS) is 11.3. The van der Waals surface area contributed by atoms with Crippen LogP contribution in [0.15, 0.2) is 46.4 Å². The molecule has 0 unspecified atom stereocenters. The molecule has 2 rings (SSSR count). The van der Waals surface area contributed by atoms with E-state index in [9.17, 15) is 20.3 Å². The Kier molecular flexibility index (Phi) is 6.87. The molecule has 142 valence electrons. The zero-order valence-electron chi connectivity index (χ0n) is 15.2. The Hall–Kier alpha value is -3.42. The van der Waals surface area contributed by atoms with Crippen LogP contribution in [0.1, 0.15) is 17.5 Å². The molecule has 8 heteroatoms. The lowest BCUT2D eigenvalue weighted by Crippen LogP contribution is -2.08. The van der Waals surface area contributed by atoms with E-state index < -0.39 is 4.92 Å². The number of benzene rings is 2. The van der Waals surface area contributed by atoms with Crippen LogP contribution in [-0.4, -0.2) is 54.8 Å². The first kappa shape index (κ1) is 19.9. The van der Waals surface area contributed by atoms with E-state index in [0.29, 0.717) is 30.6 Å². The Morgan fingerprint density at radius 1 is 1.00 bits per heavy atom. The predicted octanol–water partition coefficient (Wildman–Crippen LogP) is 3.00. The SMILES string of the molecule is CN(C)c1ccc(O)c(C=NCCCN=Cc2cc([N+](=O)[O-])ccc2O)c1. The lowest BCUT2D eigenvalue weighted by molar-refractivity contribution is -0.384. The zero-order valence-corrected chi connectivity index (χ0v) is 15.2. The van der Waals surface area contributed by atoms with Gasteiger partial charge in [0.15, 0.2) is 0 Å². The molecular weight excluding hydrogens is 348 g/mol. The van der Waals surface area contributed by atoms with E-state index in [2.05, 4.69) is 9.98 Å². The molecule has 0 bridgehead atoms. The zero-order chi connectivity index (χ0) is 19.8. The highest BCUT2D eigenvalue weighted by Gasteiger charge is 2.08. The number of nitrogens with zero attached hydrogens (tertiary/aromatic N) is 4. The molecule has 0 spiro atoms. The van der Waals surface area contributed by atoms with Gasteiger partial charge in [-0.1, -0.05) is 0 Å². The summed E-state index contributed by atoms with van der Waals surface area (Å²) >= 11 is 0. The van der Waals surface area contributed by atoms with Gasteiger partial charge in [0.2, 0.25) is 0 Å². The molecule has 0 radical (unpaired) electrons. The van der Waals surface area contributed by atoms with E-state index >= 15 is 0 Å². The van der Waals surface area contributed by atoms with E-state index in [-0.39, 0.29) is 17.2 Å². The molecule has 0 fully saturated rings. The van der Waals surface area contributed by atoms with Crippen LogP contribution < -0.4 is 4.90 Å². The highest BCUT2D eigenvalue weighted by atomic mass is 16.6. The van der Waals surface area contributed by atoms with Crippen molar-refractivity contribution in [3.63, 3.8) is 0 Å². The summed E-state index contributed by atoms with van der Waals surface area (Å²) in [6, 6.07) is 9.09. The van der Waals surface area contributed by atoms with Crippen molar-refractivity contribution in [2.45, 2.75) is 6.42 Å². The van der Waals surface area contributed by atoms with Crippen LogP contribution in [0.4, 0.5) is 11.4 Å². The second kappa shape index (κ2) is 9.33. The molecule has 8 nitrogen and oxygen atoms in total. The van der Waals surface area contributed by atoms with Crippen LogP contribution in [0.3, 0.4) is 0 Å². The first-order valence-corrected chi connectivity index (χ1v) is 8.36. The van der Waals surface area contributed by atoms with Crippen LogP contribution in [0.25, 0.3) is 0 Å². The van der Waals surface area contributed by atoms with E-state index in [1.807, 2.05) is 31.1 Å². The highest BCUT2D eigenvalue weighted by molar-refractivity contribution is 5.85. The van der Waals surface area contributed by atoms with Crippen LogP contribution >= 0.6 is 0 Å². The maximum atomic E-state index is 10.8. The van der Waals surface area contributed by atoms with Gasteiger partial charge in [-0.2, -0.15) is 0 Å². The van der Waals surface area contributed by atoms with Gasteiger partial charge in [0.1, 0.15) is 11.5 Å². The summed E-state index contributed by atoms with van der Waals surface area (Å²) in [5.41, 5.74) is 1.82. The quantitative estimate of drug-likeness (QED) is 0.321. The topological polar surface area (TPSA) is 112 Å². The van der Waals surface area contributed by atoms with Gasteiger partial charge in [0.05, 0.1) is 4.92 Å². The third kappa shape index (κ3) is 5.81. The molecule has 27 heavy (non-hydrogen) atoms. The van der Waals surface area contributed by atoms with Crippen molar-refractivity contribution in [3.8, 4) is 11.5 Å². The van der Waals surface area contributed by atoms with Gasteiger partial charge in [0.25, 0.3) is 5.69 Å². The number of anilines is 1. The van der Waals surface area contributed by atoms with Crippen LogP contribution in [0.2, 0.25) is 0 Å². The first-order chi connectivity index (χ1) is 12.9. The Morgan fingerprint density at radius 2 is 1.56 bits per heavy atom. The first-order valence-electron chi connectivity index (χ1n) is 8.36. The largest absolute Gasteiger partial charge is 0.507 e. The van der Waals surface area contributed by atoms with Gasteiger partial charge >= 0.3 is 0 Å². The highest BCUT2D eigenvalue weighted by Crippen LogP contribution is 2.22. The number of aliphatic imine (C=N–C) groups is 2. The Balaban J connectivity index is 1.86. The van der Waals surface area contributed by atoms with E-state index in [4.69, 9.17) is 0 Å². The molecule has 2 aromatic rings. The van der Waals surface area contributed by atoms with Gasteiger partial charge in [-0.25, -0.2) is 0 Å². The summed E-state index contributed by atoms with van der Waals surface area (Å²) in [5.74, 6) is 0.113. The molecule has 0 aliphatic carbocycles. The third-order valence-corrected chi connectivity index (χ3v) is 3.78. The lowest BCUT2D eigenvalue weighted by Gasteiger charge is -2.13. The summed E-state index contributed by atoms with van der Waals surface area (Å²) in [4.78, 5) is 20.6. The fraction of sp³-hybridized carbons (Fsp3) is 0.263. The number of nitro benzene ring substituents is 1. The minimum atomic E-state index is -0.522. The molecule has 0 heterocycles. The fourth-order valence-electron chi connectivity index (χ4n) is 2.26. The van der Waals surface area contributed by atoms with Crippen LogP contribution in [-0.2, 0) is 0 Å².